The van der Waals surface area contributed by atoms with Crippen molar-refractivity contribution in [2.24, 2.45) is 0 Å². The summed E-state index contributed by atoms with van der Waals surface area (Å²) >= 11 is 0. The van der Waals surface area contributed by atoms with Crippen LogP contribution in [0.3, 0.4) is 0 Å². The molecule has 0 aliphatic carbocycles. The summed E-state index contributed by atoms with van der Waals surface area (Å²) in [6.45, 7) is 7.07. The predicted octanol–water partition coefficient (Wildman–Crippen LogP) is 3.73. The van der Waals surface area contributed by atoms with Gasteiger partial charge in [0, 0.05) is 12.2 Å². The average molecular weight is 234 g/mol. The summed E-state index contributed by atoms with van der Waals surface area (Å²) in [4.78, 5) is 11.6. The monoisotopic (exact) mass is 234 g/mol. The smallest absolute Gasteiger partial charge is 0.319 e. The Morgan fingerprint density at radius 2 is 2.00 bits per heavy atom. The minimum absolute atomic E-state index is 0.119. The van der Waals surface area contributed by atoms with E-state index >= 15 is 0 Å². The lowest BCUT2D eigenvalue weighted by Crippen LogP contribution is -2.29. The van der Waals surface area contributed by atoms with Gasteiger partial charge in [-0.25, -0.2) is 4.79 Å². The Bertz CT molecular complexity index is 361. The van der Waals surface area contributed by atoms with E-state index in [4.69, 9.17) is 0 Å². The molecule has 0 aromatic heterocycles. The molecule has 0 fully saturated rings. The first-order valence-electron chi connectivity index (χ1n) is 6.29. The molecule has 0 atom stereocenters. The number of carbonyl (C=O) groups excluding carboxylic acids is 1. The van der Waals surface area contributed by atoms with Gasteiger partial charge in [-0.15, -0.1) is 0 Å². The van der Waals surface area contributed by atoms with Crippen LogP contribution in [0.25, 0.3) is 0 Å². The summed E-state index contributed by atoms with van der Waals surface area (Å²) in [6.07, 6.45) is 2.10. The molecule has 3 nitrogen and oxygen atoms in total. The molecule has 1 rings (SSSR count). The maximum Gasteiger partial charge on any atom is 0.319 e. The number of para-hydroxylation sites is 1. The Balaban J connectivity index is 2.58. The standard InChI is InChI=1S/C14H22N2O/c1-4-5-10-15-14(17)16-13-9-7-6-8-12(13)11(2)3/h6-9,11H,4-5,10H2,1-3H3,(H2,15,16,17). The second kappa shape index (κ2) is 6.94. The molecule has 1 aromatic rings. The van der Waals surface area contributed by atoms with Gasteiger partial charge in [-0.05, 0) is 24.0 Å². The second-order valence-corrected chi connectivity index (χ2v) is 4.48. The largest absolute Gasteiger partial charge is 0.338 e. The van der Waals surface area contributed by atoms with Gasteiger partial charge < -0.3 is 10.6 Å². The van der Waals surface area contributed by atoms with Crippen LogP contribution < -0.4 is 10.6 Å². The fraction of sp³-hybridized carbons (Fsp3) is 0.500. The van der Waals surface area contributed by atoms with Gasteiger partial charge in [0.1, 0.15) is 0 Å². The molecule has 0 radical (unpaired) electrons. The molecule has 0 unspecified atom stereocenters. The molecule has 0 saturated heterocycles. The molecule has 0 spiro atoms. The highest BCUT2D eigenvalue weighted by molar-refractivity contribution is 5.90. The highest BCUT2D eigenvalue weighted by atomic mass is 16.2. The fourth-order valence-corrected chi connectivity index (χ4v) is 1.66. The minimum atomic E-state index is -0.119. The molecule has 2 amide bonds. The van der Waals surface area contributed by atoms with Crippen LogP contribution in [0.5, 0.6) is 0 Å². The van der Waals surface area contributed by atoms with E-state index in [1.165, 1.54) is 0 Å². The van der Waals surface area contributed by atoms with Crippen molar-refractivity contribution in [2.75, 3.05) is 11.9 Å². The fourth-order valence-electron chi connectivity index (χ4n) is 1.66. The normalized spacial score (nSPS) is 10.4. The highest BCUT2D eigenvalue weighted by Gasteiger charge is 2.08. The van der Waals surface area contributed by atoms with Crippen molar-refractivity contribution in [2.45, 2.75) is 39.5 Å². The third-order valence-corrected chi connectivity index (χ3v) is 2.65. The van der Waals surface area contributed by atoms with Gasteiger partial charge in [-0.3, -0.25) is 0 Å². The summed E-state index contributed by atoms with van der Waals surface area (Å²) in [5, 5.41) is 5.75. The average Bonchev–Trinajstić information content (AvgIpc) is 2.29. The topological polar surface area (TPSA) is 41.1 Å². The number of hydrogen-bond donors (Lipinski definition) is 2. The van der Waals surface area contributed by atoms with E-state index in [0.29, 0.717) is 5.92 Å². The third kappa shape index (κ3) is 4.47. The summed E-state index contributed by atoms with van der Waals surface area (Å²) in [5.74, 6) is 0.405. The molecule has 0 aliphatic rings. The van der Waals surface area contributed by atoms with Gasteiger partial charge in [0.25, 0.3) is 0 Å². The number of anilines is 1. The van der Waals surface area contributed by atoms with Crippen LogP contribution >= 0.6 is 0 Å². The number of urea groups is 1. The van der Waals surface area contributed by atoms with Crippen LogP contribution in [0.4, 0.5) is 10.5 Å². The van der Waals surface area contributed by atoms with Gasteiger partial charge in [-0.1, -0.05) is 45.4 Å². The van der Waals surface area contributed by atoms with Gasteiger partial charge in [0.15, 0.2) is 0 Å². The van der Waals surface area contributed by atoms with E-state index in [2.05, 4.69) is 31.4 Å². The summed E-state index contributed by atoms with van der Waals surface area (Å²) in [7, 11) is 0. The Morgan fingerprint density at radius 3 is 2.65 bits per heavy atom. The lowest BCUT2D eigenvalue weighted by atomic mass is 10.0. The number of rotatable bonds is 5. The zero-order chi connectivity index (χ0) is 12.7. The van der Waals surface area contributed by atoms with Crippen molar-refractivity contribution < 1.29 is 4.79 Å². The first kappa shape index (κ1) is 13.6. The molecule has 0 aliphatic heterocycles. The molecule has 1 aromatic carbocycles. The molecular formula is C14H22N2O. The third-order valence-electron chi connectivity index (χ3n) is 2.65. The van der Waals surface area contributed by atoms with Gasteiger partial charge >= 0.3 is 6.03 Å². The Labute approximate surface area is 104 Å². The number of hydrogen-bond acceptors (Lipinski definition) is 1. The van der Waals surface area contributed by atoms with Crippen LogP contribution in [0, 0.1) is 0 Å². The molecule has 2 N–H and O–H groups in total. The summed E-state index contributed by atoms with van der Waals surface area (Å²) < 4.78 is 0. The van der Waals surface area contributed by atoms with Gasteiger partial charge in [0.05, 0.1) is 0 Å². The van der Waals surface area contributed by atoms with E-state index in [0.717, 1.165) is 30.6 Å². The molecule has 0 heterocycles. The maximum atomic E-state index is 11.6. The number of benzene rings is 1. The van der Waals surface area contributed by atoms with Crippen molar-refractivity contribution in [1.82, 2.24) is 5.32 Å². The summed E-state index contributed by atoms with van der Waals surface area (Å²) in [5.41, 5.74) is 2.06. The van der Waals surface area contributed by atoms with Crippen molar-refractivity contribution in [3.8, 4) is 0 Å². The lowest BCUT2D eigenvalue weighted by Gasteiger charge is -2.14. The molecular weight excluding hydrogens is 212 g/mol. The van der Waals surface area contributed by atoms with Crippen LogP contribution in [-0.4, -0.2) is 12.6 Å². The quantitative estimate of drug-likeness (QED) is 0.749. The zero-order valence-corrected chi connectivity index (χ0v) is 10.9. The SMILES string of the molecule is CCCCNC(=O)Nc1ccccc1C(C)C. The van der Waals surface area contributed by atoms with Crippen LogP contribution in [0.15, 0.2) is 24.3 Å². The first-order chi connectivity index (χ1) is 8.15. The number of nitrogens with one attached hydrogen (secondary N) is 2. The van der Waals surface area contributed by atoms with Crippen LogP contribution in [0.1, 0.15) is 45.1 Å². The van der Waals surface area contributed by atoms with E-state index in [1.54, 1.807) is 0 Å². The maximum absolute atomic E-state index is 11.6. The summed E-state index contributed by atoms with van der Waals surface area (Å²) in [6, 6.07) is 7.80. The van der Waals surface area contributed by atoms with E-state index in [-0.39, 0.29) is 6.03 Å². The van der Waals surface area contributed by atoms with E-state index in [9.17, 15) is 4.79 Å². The number of unbranched alkanes of at least 4 members (excludes halogenated alkanes) is 1. The van der Waals surface area contributed by atoms with Crippen molar-refractivity contribution >= 4 is 11.7 Å². The predicted molar refractivity (Wildman–Crippen MR) is 72.5 cm³/mol. The van der Waals surface area contributed by atoms with Crippen LogP contribution in [0.2, 0.25) is 0 Å². The van der Waals surface area contributed by atoms with Crippen molar-refractivity contribution in [1.29, 1.82) is 0 Å². The Morgan fingerprint density at radius 1 is 1.29 bits per heavy atom. The van der Waals surface area contributed by atoms with E-state index in [1.807, 2.05) is 24.3 Å². The van der Waals surface area contributed by atoms with Crippen molar-refractivity contribution in [3.05, 3.63) is 29.8 Å². The number of amides is 2. The molecule has 0 saturated carbocycles. The molecule has 94 valence electrons. The van der Waals surface area contributed by atoms with E-state index < -0.39 is 0 Å². The molecule has 0 bridgehead atoms. The zero-order valence-electron chi connectivity index (χ0n) is 10.9. The Kier molecular flexibility index (Phi) is 5.53. The number of carbonyl (C=O) groups is 1. The van der Waals surface area contributed by atoms with Crippen molar-refractivity contribution in [3.63, 3.8) is 0 Å². The first-order valence-corrected chi connectivity index (χ1v) is 6.29. The van der Waals surface area contributed by atoms with Crippen LogP contribution in [-0.2, 0) is 0 Å². The molecule has 17 heavy (non-hydrogen) atoms. The highest BCUT2D eigenvalue weighted by Crippen LogP contribution is 2.23. The Hall–Kier alpha value is -1.51. The van der Waals surface area contributed by atoms with Gasteiger partial charge in [-0.2, -0.15) is 0 Å². The minimum Gasteiger partial charge on any atom is -0.338 e. The molecule has 3 heteroatoms. The second-order valence-electron chi connectivity index (χ2n) is 4.48. The lowest BCUT2D eigenvalue weighted by molar-refractivity contribution is 0.252. The van der Waals surface area contributed by atoms with Gasteiger partial charge in [0.2, 0.25) is 0 Å².